The highest BCUT2D eigenvalue weighted by atomic mass is 16.2. The molecule has 0 aliphatic heterocycles. The lowest BCUT2D eigenvalue weighted by Gasteiger charge is -2.05. The molecule has 0 bridgehead atoms. The molecule has 1 amide bonds. The van der Waals surface area contributed by atoms with Gasteiger partial charge in [0.15, 0.2) is 11.2 Å². The van der Waals surface area contributed by atoms with Gasteiger partial charge in [0, 0.05) is 14.1 Å². The highest BCUT2D eigenvalue weighted by Crippen LogP contribution is 2.05. The summed E-state index contributed by atoms with van der Waals surface area (Å²) in [5.74, 6) is -0.414. The molecule has 1 aromatic carbocycles. The number of hydrogen-bond acceptors (Lipinski definition) is 5. The van der Waals surface area contributed by atoms with Gasteiger partial charge in [0.2, 0.25) is 0 Å². The van der Waals surface area contributed by atoms with E-state index in [4.69, 9.17) is 0 Å². The quantitative estimate of drug-likeness (QED) is 0.515. The molecule has 0 aliphatic carbocycles. The van der Waals surface area contributed by atoms with Crippen molar-refractivity contribution in [2.75, 3.05) is 0 Å². The molecule has 128 valence electrons. The van der Waals surface area contributed by atoms with Crippen LogP contribution in [0.2, 0.25) is 0 Å². The number of nitrogens with zero attached hydrogens (tertiary/aromatic N) is 5. The summed E-state index contributed by atoms with van der Waals surface area (Å²) in [6.07, 6.45) is 2.87. The molecule has 0 saturated carbocycles. The van der Waals surface area contributed by atoms with Gasteiger partial charge in [0.25, 0.3) is 11.5 Å². The Morgan fingerprint density at radius 3 is 2.64 bits per heavy atom. The first-order valence-electron chi connectivity index (χ1n) is 7.47. The summed E-state index contributed by atoms with van der Waals surface area (Å²) in [6.45, 7) is -0.143. The summed E-state index contributed by atoms with van der Waals surface area (Å²) in [5, 5.41) is 3.88. The van der Waals surface area contributed by atoms with E-state index in [1.165, 1.54) is 35.8 Å². The maximum Gasteiger partial charge on any atom is 0.332 e. The molecule has 0 unspecified atom stereocenters. The number of imidazole rings is 1. The topological polar surface area (TPSA) is 103 Å². The van der Waals surface area contributed by atoms with Gasteiger partial charge >= 0.3 is 5.69 Å². The van der Waals surface area contributed by atoms with E-state index >= 15 is 0 Å². The number of fused-ring (bicyclic) bond motifs is 1. The summed E-state index contributed by atoms with van der Waals surface area (Å²) in [7, 11) is 2.90. The van der Waals surface area contributed by atoms with Crippen LogP contribution in [0.5, 0.6) is 0 Å². The van der Waals surface area contributed by atoms with E-state index in [9.17, 15) is 14.4 Å². The molecule has 0 radical (unpaired) electrons. The first kappa shape index (κ1) is 16.4. The molecular weight excluding hydrogens is 324 g/mol. The summed E-state index contributed by atoms with van der Waals surface area (Å²) in [4.78, 5) is 40.3. The van der Waals surface area contributed by atoms with Gasteiger partial charge < -0.3 is 4.57 Å². The largest absolute Gasteiger partial charge is 0.332 e. The molecule has 2 heterocycles. The highest BCUT2D eigenvalue weighted by molar-refractivity contribution is 5.83. The molecule has 3 aromatic rings. The van der Waals surface area contributed by atoms with E-state index in [-0.39, 0.29) is 17.7 Å². The van der Waals surface area contributed by atoms with Crippen molar-refractivity contribution in [3.05, 3.63) is 63.1 Å². The zero-order chi connectivity index (χ0) is 18.0. The van der Waals surface area contributed by atoms with E-state index in [0.717, 1.165) is 10.1 Å². The number of hydrogen-bond donors (Lipinski definition) is 1. The van der Waals surface area contributed by atoms with Crippen LogP contribution in [0.3, 0.4) is 0 Å². The number of aryl methyl sites for hydroxylation is 1. The first-order valence-corrected chi connectivity index (χ1v) is 7.47. The van der Waals surface area contributed by atoms with Crippen LogP contribution in [0.25, 0.3) is 11.2 Å². The van der Waals surface area contributed by atoms with Crippen LogP contribution in [-0.2, 0) is 25.4 Å². The minimum Gasteiger partial charge on any atom is -0.315 e. The SMILES string of the molecule is Cn1c(=O)c2c(ncn2CC(=O)N/N=C/c2ccccc2)n(C)c1=O. The number of rotatable bonds is 4. The number of carbonyl (C=O) groups is 1. The van der Waals surface area contributed by atoms with Gasteiger partial charge in [-0.25, -0.2) is 15.2 Å². The second-order valence-electron chi connectivity index (χ2n) is 5.45. The molecule has 0 saturated heterocycles. The van der Waals surface area contributed by atoms with Gasteiger partial charge in [-0.05, 0) is 5.56 Å². The van der Waals surface area contributed by atoms with Gasteiger partial charge in [0.05, 0.1) is 12.5 Å². The number of carbonyl (C=O) groups excluding carboxylic acids is 1. The lowest BCUT2D eigenvalue weighted by molar-refractivity contribution is -0.121. The third-order valence-electron chi connectivity index (χ3n) is 3.73. The molecule has 0 aliphatic rings. The number of aromatic nitrogens is 4. The van der Waals surface area contributed by atoms with Crippen LogP contribution in [-0.4, -0.2) is 30.8 Å². The first-order chi connectivity index (χ1) is 12.0. The minimum atomic E-state index is -0.504. The molecule has 9 heteroatoms. The Bertz CT molecular complexity index is 1070. The molecule has 3 rings (SSSR count). The molecule has 0 fully saturated rings. The summed E-state index contributed by atoms with van der Waals surface area (Å²) in [6, 6.07) is 9.31. The number of hydrazone groups is 1. The third-order valence-corrected chi connectivity index (χ3v) is 3.73. The predicted molar refractivity (Wildman–Crippen MR) is 92.4 cm³/mol. The van der Waals surface area contributed by atoms with Crippen molar-refractivity contribution >= 4 is 23.3 Å². The van der Waals surface area contributed by atoms with Gasteiger partial charge in [-0.2, -0.15) is 5.10 Å². The van der Waals surface area contributed by atoms with E-state index in [0.29, 0.717) is 0 Å². The lowest BCUT2D eigenvalue weighted by Crippen LogP contribution is -2.38. The number of benzene rings is 1. The van der Waals surface area contributed by atoms with Crippen molar-refractivity contribution in [2.45, 2.75) is 6.54 Å². The van der Waals surface area contributed by atoms with E-state index < -0.39 is 17.2 Å². The van der Waals surface area contributed by atoms with Crippen molar-refractivity contribution in [1.29, 1.82) is 0 Å². The maximum absolute atomic E-state index is 12.3. The third kappa shape index (κ3) is 3.11. The second kappa shape index (κ2) is 6.56. The maximum atomic E-state index is 12.3. The van der Waals surface area contributed by atoms with Crippen LogP contribution in [0.4, 0.5) is 0 Å². The smallest absolute Gasteiger partial charge is 0.315 e. The zero-order valence-corrected chi connectivity index (χ0v) is 13.7. The second-order valence-corrected chi connectivity index (χ2v) is 5.45. The van der Waals surface area contributed by atoms with Gasteiger partial charge in [0.1, 0.15) is 6.54 Å². The summed E-state index contributed by atoms with van der Waals surface area (Å²) < 4.78 is 3.63. The standard InChI is InChI=1S/C16H16N6O3/c1-20-14-13(15(24)21(2)16(20)25)22(10-17-14)9-12(23)19-18-8-11-6-4-3-5-7-11/h3-8,10H,9H2,1-2H3,(H,19,23)/b18-8+. The van der Waals surface area contributed by atoms with Crippen LogP contribution in [0, 0.1) is 0 Å². The molecule has 2 aromatic heterocycles. The van der Waals surface area contributed by atoms with Gasteiger partial charge in [-0.1, -0.05) is 30.3 Å². The number of nitrogens with one attached hydrogen (secondary N) is 1. The monoisotopic (exact) mass is 340 g/mol. The van der Waals surface area contributed by atoms with Crippen molar-refractivity contribution in [3.63, 3.8) is 0 Å². The Labute approximate surface area is 141 Å². The van der Waals surface area contributed by atoms with Crippen LogP contribution in [0.1, 0.15) is 5.56 Å². The molecule has 0 spiro atoms. The highest BCUT2D eigenvalue weighted by Gasteiger charge is 2.15. The Hall–Kier alpha value is -3.49. The van der Waals surface area contributed by atoms with Crippen LogP contribution < -0.4 is 16.7 Å². The van der Waals surface area contributed by atoms with Crippen molar-refractivity contribution in [3.8, 4) is 0 Å². The normalized spacial score (nSPS) is 11.3. The van der Waals surface area contributed by atoms with Gasteiger partial charge in [-0.15, -0.1) is 0 Å². The van der Waals surface area contributed by atoms with E-state index in [1.54, 1.807) is 0 Å². The summed E-state index contributed by atoms with van der Waals surface area (Å²) in [5.41, 5.74) is 2.69. The van der Waals surface area contributed by atoms with Crippen molar-refractivity contribution in [2.24, 2.45) is 19.2 Å². The molecule has 1 N–H and O–H groups in total. The Balaban J connectivity index is 1.82. The fourth-order valence-electron chi connectivity index (χ4n) is 2.42. The van der Waals surface area contributed by atoms with Crippen molar-refractivity contribution in [1.82, 2.24) is 24.1 Å². The molecule has 0 atom stereocenters. The molecule has 9 nitrogen and oxygen atoms in total. The zero-order valence-electron chi connectivity index (χ0n) is 13.7. The molecule has 25 heavy (non-hydrogen) atoms. The van der Waals surface area contributed by atoms with Gasteiger partial charge in [-0.3, -0.25) is 18.7 Å². The fraction of sp³-hybridized carbons (Fsp3) is 0.188. The van der Waals surface area contributed by atoms with E-state index in [2.05, 4.69) is 15.5 Å². The predicted octanol–water partition coefficient (Wildman–Crippen LogP) is -0.416. The van der Waals surface area contributed by atoms with Crippen LogP contribution >= 0.6 is 0 Å². The Kier molecular flexibility index (Phi) is 4.29. The average Bonchev–Trinajstić information content (AvgIpc) is 3.02. The fourth-order valence-corrected chi connectivity index (χ4v) is 2.42. The summed E-state index contributed by atoms with van der Waals surface area (Å²) >= 11 is 0. The minimum absolute atomic E-state index is 0.143. The Morgan fingerprint density at radius 2 is 1.92 bits per heavy atom. The van der Waals surface area contributed by atoms with Crippen LogP contribution in [0.15, 0.2) is 51.3 Å². The average molecular weight is 340 g/mol. The Morgan fingerprint density at radius 1 is 1.20 bits per heavy atom. The van der Waals surface area contributed by atoms with E-state index in [1.807, 2.05) is 30.3 Å². The van der Waals surface area contributed by atoms with Crippen molar-refractivity contribution < 1.29 is 4.79 Å². The molecular formula is C16H16N6O3. The lowest BCUT2D eigenvalue weighted by atomic mass is 10.2. The number of amides is 1.